The number of ether oxygens (including phenoxy) is 1. The van der Waals surface area contributed by atoms with Crippen molar-refractivity contribution in [2.24, 2.45) is 0 Å². The minimum atomic E-state index is -0.375. The Bertz CT molecular complexity index is 336. The molecular weight excluding hydrogens is 208 g/mol. The molecule has 90 valence electrons. The van der Waals surface area contributed by atoms with Crippen LogP contribution in [0.25, 0.3) is 0 Å². The lowest BCUT2D eigenvalue weighted by molar-refractivity contribution is 0.0594. The lowest BCUT2D eigenvalue weighted by Gasteiger charge is -2.08. The third-order valence-electron chi connectivity index (χ3n) is 2.32. The molecule has 5 nitrogen and oxygen atoms in total. The number of methoxy groups -OCH3 is 1. The molecule has 0 radical (unpaired) electrons. The number of aliphatic hydroxyl groups is 1. The molecule has 0 aliphatic rings. The Kier molecular flexibility index (Phi) is 5.01. The monoisotopic (exact) mass is 226 g/mol. The molecule has 0 aliphatic carbocycles. The Morgan fingerprint density at radius 3 is 3.00 bits per heavy atom. The van der Waals surface area contributed by atoms with E-state index in [9.17, 15) is 9.90 Å². The Hall–Kier alpha value is -1.33. The summed E-state index contributed by atoms with van der Waals surface area (Å²) in [5.74, 6) is -0.375. The van der Waals surface area contributed by atoms with Crippen LogP contribution in [0.5, 0.6) is 0 Å². The van der Waals surface area contributed by atoms with E-state index in [2.05, 4.69) is 15.0 Å². The molecule has 5 heteroatoms. The van der Waals surface area contributed by atoms with E-state index in [4.69, 9.17) is 0 Å². The van der Waals surface area contributed by atoms with Gasteiger partial charge in [-0.05, 0) is 18.6 Å². The van der Waals surface area contributed by atoms with Crippen LogP contribution in [0.2, 0.25) is 0 Å². The van der Waals surface area contributed by atoms with Crippen LogP contribution in [0, 0.1) is 0 Å². The molecule has 1 aromatic rings. The first-order valence-corrected chi connectivity index (χ1v) is 5.32. The van der Waals surface area contributed by atoms with Crippen LogP contribution in [0.15, 0.2) is 12.1 Å². The predicted octanol–water partition coefficient (Wildman–Crippen LogP) is 0.662. The molecule has 0 spiro atoms. The number of hydrogen-bond donors (Lipinski definition) is 3. The number of carbonyl (C=O) groups excluding carboxylic acids is 1. The fourth-order valence-electron chi connectivity index (χ4n) is 1.29. The van der Waals surface area contributed by atoms with Gasteiger partial charge in [-0.15, -0.1) is 0 Å². The second-order valence-corrected chi connectivity index (χ2v) is 3.58. The standard InChI is InChI=1S/C11H18N2O3/c1-3-9(14)7-12-6-8-4-5-10(13-8)11(15)16-2/h4-5,9,12-14H,3,6-7H2,1-2H3. The van der Waals surface area contributed by atoms with Crippen molar-refractivity contribution in [3.8, 4) is 0 Å². The first kappa shape index (κ1) is 12.7. The van der Waals surface area contributed by atoms with E-state index in [0.29, 0.717) is 18.8 Å². The van der Waals surface area contributed by atoms with Gasteiger partial charge in [-0.3, -0.25) is 0 Å². The SMILES string of the molecule is CCC(O)CNCc1ccc(C(=O)OC)[nH]1. The van der Waals surface area contributed by atoms with E-state index in [1.807, 2.05) is 13.0 Å². The van der Waals surface area contributed by atoms with E-state index < -0.39 is 0 Å². The Labute approximate surface area is 94.8 Å². The van der Waals surface area contributed by atoms with Gasteiger partial charge >= 0.3 is 5.97 Å². The maximum Gasteiger partial charge on any atom is 0.354 e. The van der Waals surface area contributed by atoms with Gasteiger partial charge in [-0.25, -0.2) is 4.79 Å². The molecule has 1 atom stereocenters. The molecule has 1 unspecified atom stereocenters. The van der Waals surface area contributed by atoms with Gasteiger partial charge in [-0.1, -0.05) is 6.92 Å². The number of rotatable bonds is 6. The number of aromatic amines is 1. The number of aromatic nitrogens is 1. The normalized spacial score (nSPS) is 12.4. The molecule has 1 heterocycles. The maximum atomic E-state index is 11.1. The molecule has 0 bridgehead atoms. The van der Waals surface area contributed by atoms with E-state index >= 15 is 0 Å². The average Bonchev–Trinajstić information content (AvgIpc) is 2.76. The van der Waals surface area contributed by atoms with Gasteiger partial charge in [-0.2, -0.15) is 0 Å². The van der Waals surface area contributed by atoms with Crippen molar-refractivity contribution < 1.29 is 14.6 Å². The minimum absolute atomic E-state index is 0.324. The Morgan fingerprint density at radius 1 is 1.62 bits per heavy atom. The highest BCUT2D eigenvalue weighted by Crippen LogP contribution is 2.03. The van der Waals surface area contributed by atoms with Crippen LogP contribution in [-0.4, -0.2) is 35.8 Å². The molecule has 16 heavy (non-hydrogen) atoms. The second-order valence-electron chi connectivity index (χ2n) is 3.58. The summed E-state index contributed by atoms with van der Waals surface area (Å²) >= 11 is 0. The number of hydrogen-bond acceptors (Lipinski definition) is 4. The topological polar surface area (TPSA) is 74.3 Å². The van der Waals surface area contributed by atoms with Crippen molar-refractivity contribution in [3.05, 3.63) is 23.5 Å². The highest BCUT2D eigenvalue weighted by Gasteiger charge is 2.07. The molecule has 1 rings (SSSR count). The summed E-state index contributed by atoms with van der Waals surface area (Å²) in [5.41, 5.74) is 1.33. The van der Waals surface area contributed by atoms with Gasteiger partial charge in [0.25, 0.3) is 0 Å². The summed E-state index contributed by atoms with van der Waals surface area (Å²) in [6.07, 6.45) is 0.403. The number of aliphatic hydroxyl groups excluding tert-OH is 1. The van der Waals surface area contributed by atoms with Crippen molar-refractivity contribution in [3.63, 3.8) is 0 Å². The fourth-order valence-corrected chi connectivity index (χ4v) is 1.29. The summed E-state index contributed by atoms with van der Waals surface area (Å²) in [5, 5.41) is 12.4. The maximum absolute atomic E-state index is 11.1. The zero-order valence-electron chi connectivity index (χ0n) is 9.62. The summed E-state index contributed by atoms with van der Waals surface area (Å²) in [6, 6.07) is 3.50. The first-order chi connectivity index (χ1) is 7.67. The van der Waals surface area contributed by atoms with Crippen molar-refractivity contribution in [1.29, 1.82) is 0 Å². The van der Waals surface area contributed by atoms with Crippen LogP contribution in [0.1, 0.15) is 29.5 Å². The van der Waals surface area contributed by atoms with E-state index in [1.54, 1.807) is 6.07 Å². The summed E-state index contributed by atoms with van der Waals surface area (Å²) in [4.78, 5) is 14.1. The molecule has 1 aromatic heterocycles. The average molecular weight is 226 g/mol. The number of H-pyrrole nitrogens is 1. The third-order valence-corrected chi connectivity index (χ3v) is 2.32. The molecule has 0 aromatic carbocycles. The zero-order chi connectivity index (χ0) is 12.0. The van der Waals surface area contributed by atoms with E-state index in [1.165, 1.54) is 7.11 Å². The smallest absolute Gasteiger partial charge is 0.354 e. The van der Waals surface area contributed by atoms with Gasteiger partial charge in [0.1, 0.15) is 5.69 Å². The molecule has 0 saturated carbocycles. The largest absolute Gasteiger partial charge is 0.464 e. The van der Waals surface area contributed by atoms with Crippen molar-refractivity contribution in [2.45, 2.75) is 26.0 Å². The quantitative estimate of drug-likeness (QED) is 0.623. The first-order valence-electron chi connectivity index (χ1n) is 5.32. The van der Waals surface area contributed by atoms with Gasteiger partial charge < -0.3 is 20.1 Å². The third kappa shape index (κ3) is 3.67. The van der Waals surface area contributed by atoms with Crippen molar-refractivity contribution in [1.82, 2.24) is 10.3 Å². The van der Waals surface area contributed by atoms with Gasteiger partial charge in [0, 0.05) is 18.8 Å². The van der Waals surface area contributed by atoms with Crippen LogP contribution >= 0.6 is 0 Å². The molecule has 0 fully saturated rings. The van der Waals surface area contributed by atoms with E-state index in [-0.39, 0.29) is 12.1 Å². The second kappa shape index (κ2) is 6.30. The molecule has 3 N–H and O–H groups in total. The lowest BCUT2D eigenvalue weighted by atomic mass is 10.3. The zero-order valence-corrected chi connectivity index (χ0v) is 9.62. The molecule has 0 aliphatic heterocycles. The Balaban J connectivity index is 2.38. The van der Waals surface area contributed by atoms with Gasteiger partial charge in [0.05, 0.1) is 13.2 Å². The molecule has 0 amide bonds. The highest BCUT2D eigenvalue weighted by atomic mass is 16.5. The van der Waals surface area contributed by atoms with Crippen LogP contribution < -0.4 is 5.32 Å². The Morgan fingerprint density at radius 2 is 2.38 bits per heavy atom. The van der Waals surface area contributed by atoms with Crippen molar-refractivity contribution in [2.75, 3.05) is 13.7 Å². The molecular formula is C11H18N2O3. The number of carbonyl (C=O) groups is 1. The predicted molar refractivity (Wildman–Crippen MR) is 60.1 cm³/mol. The minimum Gasteiger partial charge on any atom is -0.464 e. The number of esters is 1. The number of nitrogens with one attached hydrogen (secondary N) is 2. The van der Waals surface area contributed by atoms with Gasteiger partial charge in [0.2, 0.25) is 0 Å². The van der Waals surface area contributed by atoms with E-state index in [0.717, 1.165) is 12.1 Å². The van der Waals surface area contributed by atoms with Crippen LogP contribution in [0.3, 0.4) is 0 Å². The fraction of sp³-hybridized carbons (Fsp3) is 0.545. The van der Waals surface area contributed by atoms with Gasteiger partial charge in [0.15, 0.2) is 0 Å². The highest BCUT2D eigenvalue weighted by molar-refractivity contribution is 5.87. The van der Waals surface area contributed by atoms with Crippen LogP contribution in [-0.2, 0) is 11.3 Å². The molecule has 0 saturated heterocycles. The van der Waals surface area contributed by atoms with Crippen LogP contribution in [0.4, 0.5) is 0 Å². The summed E-state index contributed by atoms with van der Waals surface area (Å²) < 4.78 is 4.58. The summed E-state index contributed by atoms with van der Waals surface area (Å²) in [7, 11) is 1.35. The summed E-state index contributed by atoms with van der Waals surface area (Å²) in [6.45, 7) is 3.06. The lowest BCUT2D eigenvalue weighted by Crippen LogP contribution is -2.25. The van der Waals surface area contributed by atoms with Crippen molar-refractivity contribution >= 4 is 5.97 Å².